The molecule has 1 aromatic rings. The van der Waals surface area contributed by atoms with Crippen molar-refractivity contribution in [1.82, 2.24) is 14.9 Å². The minimum absolute atomic E-state index is 0.465. The Morgan fingerprint density at radius 2 is 2.19 bits per heavy atom. The van der Waals surface area contributed by atoms with Crippen LogP contribution in [0.25, 0.3) is 0 Å². The normalized spacial score (nSPS) is 22.2. The van der Waals surface area contributed by atoms with E-state index in [2.05, 4.69) is 14.9 Å². The maximum absolute atomic E-state index is 6.00. The Bertz CT molecular complexity index is 345. The first-order valence-corrected chi connectivity index (χ1v) is 6.08. The number of piperidine rings is 1. The predicted molar refractivity (Wildman–Crippen MR) is 64.1 cm³/mol. The van der Waals surface area contributed by atoms with E-state index in [-0.39, 0.29) is 0 Å². The summed E-state index contributed by atoms with van der Waals surface area (Å²) in [5.74, 6) is 0. The van der Waals surface area contributed by atoms with Crippen LogP contribution in [0.2, 0.25) is 5.15 Å². The monoisotopic (exact) mass is 240 g/mol. The molecule has 0 saturated carbocycles. The largest absolute Gasteiger partial charge is 0.329 e. The van der Waals surface area contributed by atoms with E-state index in [0.717, 1.165) is 18.8 Å². The van der Waals surface area contributed by atoms with E-state index in [4.69, 9.17) is 17.3 Å². The zero-order chi connectivity index (χ0) is 11.4. The smallest absolute Gasteiger partial charge is 0.151 e. The first-order chi connectivity index (χ1) is 7.81. The Hall–Kier alpha value is -0.710. The highest BCUT2D eigenvalue weighted by molar-refractivity contribution is 6.29. The molecule has 0 aromatic carbocycles. The number of hydrogen-bond acceptors (Lipinski definition) is 4. The van der Waals surface area contributed by atoms with Gasteiger partial charge in [0, 0.05) is 31.5 Å². The highest BCUT2D eigenvalue weighted by atomic mass is 35.5. The summed E-state index contributed by atoms with van der Waals surface area (Å²) >= 11 is 6.00. The van der Waals surface area contributed by atoms with E-state index in [1.165, 1.54) is 19.3 Å². The third-order valence-corrected chi connectivity index (χ3v) is 3.41. The lowest BCUT2D eigenvalue weighted by atomic mass is 10.0. The molecule has 4 nitrogen and oxygen atoms in total. The molecule has 0 spiro atoms. The van der Waals surface area contributed by atoms with Crippen molar-refractivity contribution in [3.05, 3.63) is 23.2 Å². The van der Waals surface area contributed by atoms with E-state index in [0.29, 0.717) is 17.7 Å². The van der Waals surface area contributed by atoms with Gasteiger partial charge in [0.2, 0.25) is 0 Å². The molecule has 1 aromatic heterocycles. The van der Waals surface area contributed by atoms with Gasteiger partial charge in [-0.1, -0.05) is 18.0 Å². The number of nitrogens with zero attached hydrogens (tertiary/aromatic N) is 3. The van der Waals surface area contributed by atoms with Crippen molar-refractivity contribution in [3.63, 3.8) is 0 Å². The van der Waals surface area contributed by atoms with E-state index in [1.54, 1.807) is 12.4 Å². The lowest BCUT2D eigenvalue weighted by molar-refractivity contribution is 0.143. The molecule has 1 saturated heterocycles. The van der Waals surface area contributed by atoms with Crippen LogP contribution in [0.4, 0.5) is 0 Å². The van der Waals surface area contributed by atoms with Gasteiger partial charge in [-0.15, -0.1) is 0 Å². The molecule has 0 bridgehead atoms. The minimum Gasteiger partial charge on any atom is -0.329 e. The third kappa shape index (κ3) is 2.70. The number of likely N-dealkylation sites (tertiary alicyclic amines) is 1. The summed E-state index contributed by atoms with van der Waals surface area (Å²) in [4.78, 5) is 10.7. The Kier molecular flexibility index (Phi) is 4.09. The third-order valence-electron chi connectivity index (χ3n) is 3.10. The molecule has 1 atom stereocenters. The molecule has 2 heterocycles. The van der Waals surface area contributed by atoms with Gasteiger partial charge < -0.3 is 5.73 Å². The lowest BCUT2D eigenvalue weighted by Gasteiger charge is -2.34. The van der Waals surface area contributed by atoms with E-state index in [9.17, 15) is 0 Å². The topological polar surface area (TPSA) is 55.0 Å². The van der Waals surface area contributed by atoms with Gasteiger partial charge in [-0.3, -0.25) is 9.88 Å². The minimum atomic E-state index is 0.465. The molecule has 5 heteroatoms. The first-order valence-electron chi connectivity index (χ1n) is 5.70. The van der Waals surface area contributed by atoms with Gasteiger partial charge in [0.25, 0.3) is 0 Å². The quantitative estimate of drug-likeness (QED) is 0.869. The highest BCUT2D eigenvalue weighted by Gasteiger charge is 2.22. The van der Waals surface area contributed by atoms with E-state index in [1.807, 2.05) is 0 Å². The van der Waals surface area contributed by atoms with Crippen molar-refractivity contribution in [1.29, 1.82) is 0 Å². The van der Waals surface area contributed by atoms with Crippen LogP contribution in [0.15, 0.2) is 12.4 Å². The molecule has 0 aliphatic carbocycles. The maximum Gasteiger partial charge on any atom is 0.151 e. The van der Waals surface area contributed by atoms with Crippen LogP contribution in [0.3, 0.4) is 0 Å². The van der Waals surface area contributed by atoms with Crippen molar-refractivity contribution < 1.29 is 0 Å². The average molecular weight is 241 g/mol. The van der Waals surface area contributed by atoms with E-state index < -0.39 is 0 Å². The van der Waals surface area contributed by atoms with E-state index >= 15 is 0 Å². The molecule has 88 valence electrons. The van der Waals surface area contributed by atoms with Gasteiger partial charge in [-0.05, 0) is 19.4 Å². The molecule has 2 N–H and O–H groups in total. The molecular weight excluding hydrogens is 224 g/mol. The van der Waals surface area contributed by atoms with Crippen LogP contribution >= 0.6 is 11.6 Å². The van der Waals surface area contributed by atoms with Crippen molar-refractivity contribution >= 4 is 11.6 Å². The second-order valence-electron chi connectivity index (χ2n) is 4.15. The second kappa shape index (κ2) is 5.57. The number of rotatable bonds is 3. The molecule has 0 radical (unpaired) electrons. The summed E-state index contributed by atoms with van der Waals surface area (Å²) in [6.07, 6.45) is 6.97. The van der Waals surface area contributed by atoms with Crippen LogP contribution in [-0.2, 0) is 6.54 Å². The molecule has 1 aliphatic heterocycles. The summed E-state index contributed by atoms with van der Waals surface area (Å²) < 4.78 is 0. The number of nitrogens with two attached hydrogens (primary N) is 1. The SMILES string of the molecule is NC[C@@H]1CCCCN1Cc1nccnc1Cl. The van der Waals surface area contributed by atoms with Crippen molar-refractivity contribution in [2.45, 2.75) is 31.8 Å². The average Bonchev–Trinajstić information content (AvgIpc) is 2.33. The molecule has 0 unspecified atom stereocenters. The fourth-order valence-corrected chi connectivity index (χ4v) is 2.35. The molecular formula is C11H17ClN4. The van der Waals surface area contributed by atoms with Gasteiger partial charge in [0.1, 0.15) is 0 Å². The predicted octanol–water partition coefficient (Wildman–Crippen LogP) is 1.44. The van der Waals surface area contributed by atoms with Crippen molar-refractivity contribution in [2.75, 3.05) is 13.1 Å². The Labute approximate surface area is 101 Å². The Balaban J connectivity index is 2.05. The first kappa shape index (κ1) is 11.8. The standard InChI is InChI=1S/C11H17ClN4/c12-11-10(14-4-5-15-11)8-16-6-2-1-3-9(16)7-13/h4-5,9H,1-3,6-8,13H2/t9-/m0/s1. The van der Waals surface area contributed by atoms with Gasteiger partial charge in [0.15, 0.2) is 5.15 Å². The van der Waals surface area contributed by atoms with Crippen LogP contribution < -0.4 is 5.73 Å². The molecule has 16 heavy (non-hydrogen) atoms. The maximum atomic E-state index is 6.00. The summed E-state index contributed by atoms with van der Waals surface area (Å²) in [6, 6.07) is 0.465. The van der Waals surface area contributed by atoms with Crippen molar-refractivity contribution in [3.8, 4) is 0 Å². The Morgan fingerprint density at radius 1 is 1.38 bits per heavy atom. The Morgan fingerprint density at radius 3 is 2.94 bits per heavy atom. The van der Waals surface area contributed by atoms with Crippen LogP contribution in [0.5, 0.6) is 0 Å². The van der Waals surface area contributed by atoms with Crippen LogP contribution in [0, 0.1) is 0 Å². The van der Waals surface area contributed by atoms with Gasteiger partial charge in [-0.25, -0.2) is 4.98 Å². The van der Waals surface area contributed by atoms with Crippen LogP contribution in [0.1, 0.15) is 25.0 Å². The van der Waals surface area contributed by atoms with Gasteiger partial charge in [0.05, 0.1) is 5.69 Å². The summed E-state index contributed by atoms with van der Waals surface area (Å²) in [5.41, 5.74) is 6.63. The lowest BCUT2D eigenvalue weighted by Crippen LogP contribution is -2.43. The summed E-state index contributed by atoms with van der Waals surface area (Å²) in [5, 5.41) is 0.504. The van der Waals surface area contributed by atoms with Gasteiger partial charge in [-0.2, -0.15) is 0 Å². The summed E-state index contributed by atoms with van der Waals surface area (Å²) in [7, 11) is 0. The molecule has 1 fully saturated rings. The fourth-order valence-electron chi connectivity index (χ4n) is 2.18. The van der Waals surface area contributed by atoms with Crippen LogP contribution in [-0.4, -0.2) is 34.0 Å². The zero-order valence-electron chi connectivity index (χ0n) is 9.27. The molecule has 2 rings (SSSR count). The number of aromatic nitrogens is 2. The van der Waals surface area contributed by atoms with Crippen molar-refractivity contribution in [2.24, 2.45) is 5.73 Å². The van der Waals surface area contributed by atoms with Gasteiger partial charge >= 0.3 is 0 Å². The number of hydrogen-bond donors (Lipinski definition) is 1. The zero-order valence-corrected chi connectivity index (χ0v) is 10.0. The molecule has 1 aliphatic rings. The summed E-state index contributed by atoms with van der Waals surface area (Å²) in [6.45, 7) is 2.54. The highest BCUT2D eigenvalue weighted by Crippen LogP contribution is 2.20. The fraction of sp³-hybridized carbons (Fsp3) is 0.636. The second-order valence-corrected chi connectivity index (χ2v) is 4.51. The number of halogens is 1. The molecule has 0 amide bonds.